The van der Waals surface area contributed by atoms with E-state index in [1.165, 1.54) is 18.2 Å². The highest BCUT2D eigenvalue weighted by Gasteiger charge is 2.38. The summed E-state index contributed by atoms with van der Waals surface area (Å²) in [5, 5.41) is 0. The Hall–Kier alpha value is -2.04. The van der Waals surface area contributed by atoms with Crippen LogP contribution in [-0.4, -0.2) is 0 Å². The molecule has 0 amide bonds. The number of hydrogen-bond donors (Lipinski definition) is 0. The second-order valence-corrected chi connectivity index (χ2v) is 9.96. The van der Waals surface area contributed by atoms with Gasteiger partial charge in [0.2, 0.25) is 0 Å². The highest BCUT2D eigenvalue weighted by atomic mass is 19.3. The molecule has 2 fully saturated rings. The van der Waals surface area contributed by atoms with E-state index >= 15 is 0 Å². The number of rotatable bonds is 5. The molecule has 0 N–H and O–H groups in total. The molecule has 32 heavy (non-hydrogen) atoms. The van der Waals surface area contributed by atoms with Gasteiger partial charge in [0.05, 0.1) is 5.56 Å². The van der Waals surface area contributed by atoms with Gasteiger partial charge >= 0.3 is 6.11 Å². The van der Waals surface area contributed by atoms with E-state index in [9.17, 15) is 17.6 Å². The topological polar surface area (TPSA) is 9.23 Å². The van der Waals surface area contributed by atoms with E-state index < -0.39 is 23.3 Å². The molecule has 0 aromatic heterocycles. The Balaban J connectivity index is 1.47. The molecule has 5 heteroatoms. The number of hydrogen-bond acceptors (Lipinski definition) is 1. The van der Waals surface area contributed by atoms with Crippen molar-refractivity contribution in [1.29, 1.82) is 0 Å². The lowest BCUT2D eigenvalue weighted by atomic mass is 9.79. The molecule has 2 saturated carbocycles. The van der Waals surface area contributed by atoms with Crippen molar-refractivity contribution >= 4 is 0 Å². The lowest BCUT2D eigenvalue weighted by Crippen LogP contribution is -2.24. The summed E-state index contributed by atoms with van der Waals surface area (Å²) in [5.74, 6) is -0.229. The van der Waals surface area contributed by atoms with Crippen LogP contribution in [0, 0.1) is 23.5 Å². The fourth-order valence-electron chi connectivity index (χ4n) is 5.29. The summed E-state index contributed by atoms with van der Waals surface area (Å²) < 4.78 is 63.7. The van der Waals surface area contributed by atoms with Crippen LogP contribution in [0.4, 0.5) is 17.6 Å². The summed E-state index contributed by atoms with van der Waals surface area (Å²) in [5.41, 5.74) is 0.479. The molecule has 2 aliphatic rings. The molecular weight excluding hydrogens is 416 g/mol. The maximum absolute atomic E-state index is 14.8. The molecule has 174 valence electrons. The van der Waals surface area contributed by atoms with Gasteiger partial charge in [-0.15, -0.1) is 0 Å². The van der Waals surface area contributed by atoms with E-state index in [2.05, 4.69) is 13.8 Å². The summed E-state index contributed by atoms with van der Waals surface area (Å²) >= 11 is 0. The van der Waals surface area contributed by atoms with Gasteiger partial charge in [-0.3, -0.25) is 0 Å². The van der Waals surface area contributed by atoms with Crippen molar-refractivity contribution in [2.24, 2.45) is 11.8 Å². The Morgan fingerprint density at radius 3 is 1.88 bits per heavy atom. The van der Waals surface area contributed by atoms with Crippen molar-refractivity contribution in [3.8, 4) is 5.75 Å². The molecule has 0 aliphatic heterocycles. The summed E-state index contributed by atoms with van der Waals surface area (Å²) in [6, 6.07) is 7.78. The monoisotopic (exact) mass is 448 g/mol. The first-order valence-electron chi connectivity index (χ1n) is 11.9. The Bertz CT molecular complexity index is 925. The van der Waals surface area contributed by atoms with Crippen LogP contribution in [0.1, 0.15) is 93.7 Å². The van der Waals surface area contributed by atoms with Gasteiger partial charge in [-0.1, -0.05) is 51.7 Å². The van der Waals surface area contributed by atoms with Gasteiger partial charge in [0, 0.05) is 6.07 Å². The normalized spacial score (nSPS) is 26.7. The minimum atomic E-state index is -3.89. The molecule has 0 radical (unpaired) electrons. The van der Waals surface area contributed by atoms with E-state index in [0.29, 0.717) is 17.4 Å². The zero-order valence-corrected chi connectivity index (χ0v) is 18.9. The first kappa shape index (κ1) is 23.1. The Kier molecular flexibility index (Phi) is 6.83. The van der Waals surface area contributed by atoms with Gasteiger partial charge < -0.3 is 4.74 Å². The highest BCUT2D eigenvalue weighted by molar-refractivity contribution is 5.34. The molecule has 0 saturated heterocycles. The lowest BCUT2D eigenvalue weighted by Gasteiger charge is -2.27. The van der Waals surface area contributed by atoms with Crippen LogP contribution in [0.25, 0.3) is 0 Å². The number of ether oxygens (including phenoxy) is 1. The molecule has 4 rings (SSSR count). The Labute approximate surface area is 188 Å². The maximum Gasteiger partial charge on any atom is 0.429 e. The Morgan fingerprint density at radius 2 is 1.31 bits per heavy atom. The van der Waals surface area contributed by atoms with Crippen LogP contribution in [0.5, 0.6) is 5.75 Å². The largest absolute Gasteiger partial charge is 0.429 e. The third-order valence-corrected chi connectivity index (χ3v) is 7.47. The second kappa shape index (κ2) is 9.44. The van der Waals surface area contributed by atoms with Gasteiger partial charge in [0.25, 0.3) is 0 Å². The predicted molar refractivity (Wildman–Crippen MR) is 118 cm³/mol. The first-order valence-corrected chi connectivity index (χ1v) is 11.9. The van der Waals surface area contributed by atoms with Crippen LogP contribution >= 0.6 is 0 Å². The summed E-state index contributed by atoms with van der Waals surface area (Å²) in [4.78, 5) is 0. The summed E-state index contributed by atoms with van der Waals surface area (Å²) in [7, 11) is 0. The van der Waals surface area contributed by atoms with Crippen molar-refractivity contribution in [2.75, 3.05) is 0 Å². The predicted octanol–water partition coefficient (Wildman–Crippen LogP) is 8.68. The third-order valence-electron chi connectivity index (χ3n) is 7.47. The van der Waals surface area contributed by atoms with E-state index in [-0.39, 0.29) is 17.6 Å². The van der Waals surface area contributed by atoms with Gasteiger partial charge in [0.15, 0.2) is 0 Å². The van der Waals surface area contributed by atoms with Crippen molar-refractivity contribution in [3.63, 3.8) is 0 Å². The molecule has 0 heterocycles. The highest BCUT2D eigenvalue weighted by Crippen LogP contribution is 2.40. The average Bonchev–Trinajstić information content (AvgIpc) is 2.75. The summed E-state index contributed by atoms with van der Waals surface area (Å²) in [6.45, 7) is 4.38. The molecule has 2 aliphatic carbocycles. The van der Waals surface area contributed by atoms with Gasteiger partial charge in [-0.05, 0) is 78.7 Å². The van der Waals surface area contributed by atoms with Crippen LogP contribution in [0.3, 0.4) is 0 Å². The van der Waals surface area contributed by atoms with Crippen LogP contribution in [0.15, 0.2) is 36.4 Å². The van der Waals surface area contributed by atoms with Crippen LogP contribution in [0.2, 0.25) is 0 Å². The third kappa shape index (κ3) is 5.13. The smallest absolute Gasteiger partial charge is 0.429 e. The van der Waals surface area contributed by atoms with E-state index in [0.717, 1.165) is 69.1 Å². The second-order valence-electron chi connectivity index (χ2n) is 9.96. The molecule has 2 aromatic carbocycles. The molecule has 1 nitrogen and oxygen atoms in total. The lowest BCUT2D eigenvalue weighted by molar-refractivity contribution is -0.187. The molecule has 2 aromatic rings. The first-order chi connectivity index (χ1) is 15.2. The number of benzene rings is 2. The van der Waals surface area contributed by atoms with Crippen molar-refractivity contribution in [2.45, 2.75) is 83.2 Å². The zero-order valence-electron chi connectivity index (χ0n) is 18.9. The minimum Gasteiger partial charge on any atom is -0.429 e. The van der Waals surface area contributed by atoms with Gasteiger partial charge in [-0.25, -0.2) is 8.78 Å². The van der Waals surface area contributed by atoms with Gasteiger partial charge in [0.1, 0.15) is 17.4 Å². The average molecular weight is 449 g/mol. The minimum absolute atomic E-state index is 0.105. The molecular formula is C27H32F4O. The molecule has 0 spiro atoms. The van der Waals surface area contributed by atoms with E-state index in [1.54, 1.807) is 6.07 Å². The quantitative estimate of drug-likeness (QED) is 0.416. The molecule has 0 atom stereocenters. The molecule has 0 unspecified atom stereocenters. The summed E-state index contributed by atoms with van der Waals surface area (Å²) in [6.07, 6.45) is 3.99. The Morgan fingerprint density at radius 1 is 0.719 bits per heavy atom. The van der Waals surface area contributed by atoms with Crippen molar-refractivity contribution in [3.05, 3.63) is 64.7 Å². The van der Waals surface area contributed by atoms with Crippen LogP contribution < -0.4 is 4.74 Å². The van der Waals surface area contributed by atoms with Crippen molar-refractivity contribution in [1.82, 2.24) is 0 Å². The fourth-order valence-corrected chi connectivity index (χ4v) is 5.29. The maximum atomic E-state index is 14.8. The molecule has 0 bridgehead atoms. The SMILES string of the molecule is CC1CCC(c2ccc(C(F)(F)Oc3ccc(C4CCC(C)CC4)c(F)c3)c(F)c2)CC1. The standard InChI is InChI=1S/C27H32F4O/c1-17-3-7-19(8-4-17)21-11-14-24(26(29)15-21)27(30,31)32-22-12-13-23(25(28)16-22)20-9-5-18(2)6-10-20/h11-20H,3-10H2,1-2H3. The zero-order chi connectivity index (χ0) is 22.9. The number of alkyl halides is 2. The van der Waals surface area contributed by atoms with Gasteiger partial charge in [-0.2, -0.15) is 8.78 Å². The fraction of sp³-hybridized carbons (Fsp3) is 0.556. The van der Waals surface area contributed by atoms with E-state index in [1.807, 2.05) is 0 Å². The van der Waals surface area contributed by atoms with Crippen LogP contribution in [-0.2, 0) is 6.11 Å². The number of halogens is 4. The van der Waals surface area contributed by atoms with Crippen molar-refractivity contribution < 1.29 is 22.3 Å². The van der Waals surface area contributed by atoms with E-state index in [4.69, 9.17) is 4.74 Å².